The molecule has 19 heavy (non-hydrogen) atoms. The van der Waals surface area contributed by atoms with Gasteiger partial charge in [-0.3, -0.25) is 0 Å². The summed E-state index contributed by atoms with van der Waals surface area (Å²) in [5.41, 5.74) is 6.00. The van der Waals surface area contributed by atoms with Crippen LogP contribution in [0.15, 0.2) is 12.1 Å². The first-order valence-electron chi connectivity index (χ1n) is 6.64. The summed E-state index contributed by atoms with van der Waals surface area (Å²) < 4.78 is 33.3. The van der Waals surface area contributed by atoms with Gasteiger partial charge in [-0.05, 0) is 44.5 Å². The minimum Gasteiger partial charge on any atom is -0.380 e. The van der Waals surface area contributed by atoms with E-state index in [1.165, 1.54) is 12.1 Å². The molecule has 0 aliphatic rings. The summed E-state index contributed by atoms with van der Waals surface area (Å²) in [6, 6.07) is 2.71. The van der Waals surface area contributed by atoms with Crippen molar-refractivity contribution in [2.24, 2.45) is 5.73 Å². The number of anilines is 1. The molecule has 0 amide bonds. The molecule has 0 spiro atoms. The molecule has 0 aromatic heterocycles. The van der Waals surface area contributed by atoms with E-state index in [9.17, 15) is 8.78 Å². The molecule has 108 valence electrons. The van der Waals surface area contributed by atoms with E-state index in [1.54, 1.807) is 4.90 Å². The van der Waals surface area contributed by atoms with E-state index in [1.807, 2.05) is 13.8 Å². The molecule has 0 atom stereocenters. The Balaban J connectivity index is 2.90. The van der Waals surface area contributed by atoms with Crippen molar-refractivity contribution < 1.29 is 13.5 Å². The second-order valence-electron chi connectivity index (χ2n) is 4.22. The number of benzene rings is 1. The summed E-state index contributed by atoms with van der Waals surface area (Å²) in [4.78, 5) is 1.65. The molecule has 0 aliphatic carbocycles. The predicted molar refractivity (Wildman–Crippen MR) is 73.5 cm³/mol. The van der Waals surface area contributed by atoms with Gasteiger partial charge in [0.05, 0.1) is 6.61 Å². The summed E-state index contributed by atoms with van der Waals surface area (Å²) in [7, 11) is 0. The Hall–Kier alpha value is -1.20. The molecular weight excluding hydrogens is 250 g/mol. The average molecular weight is 272 g/mol. The second-order valence-corrected chi connectivity index (χ2v) is 4.22. The lowest BCUT2D eigenvalue weighted by Gasteiger charge is -2.24. The Morgan fingerprint density at radius 1 is 1.21 bits per heavy atom. The van der Waals surface area contributed by atoms with Gasteiger partial charge in [-0.15, -0.1) is 0 Å². The zero-order chi connectivity index (χ0) is 14.3. The van der Waals surface area contributed by atoms with Crippen LogP contribution in [0.5, 0.6) is 0 Å². The van der Waals surface area contributed by atoms with Crippen molar-refractivity contribution in [3.8, 4) is 0 Å². The molecule has 3 nitrogen and oxygen atoms in total. The molecule has 0 heterocycles. The molecule has 2 N–H and O–H groups in total. The van der Waals surface area contributed by atoms with Gasteiger partial charge in [0.2, 0.25) is 0 Å². The van der Waals surface area contributed by atoms with Crippen molar-refractivity contribution in [1.82, 2.24) is 0 Å². The SMILES string of the molecule is CCOCCN(CC)c1c(F)cc(CCN)cc1F. The highest BCUT2D eigenvalue weighted by Crippen LogP contribution is 2.25. The van der Waals surface area contributed by atoms with Crippen LogP contribution in [0.25, 0.3) is 0 Å². The Kier molecular flexibility index (Phi) is 6.73. The highest BCUT2D eigenvalue weighted by molar-refractivity contribution is 5.50. The van der Waals surface area contributed by atoms with E-state index in [0.717, 1.165) is 0 Å². The molecule has 0 saturated heterocycles. The number of nitrogens with two attached hydrogens (primary N) is 1. The minimum absolute atomic E-state index is 0.0166. The average Bonchev–Trinajstić information content (AvgIpc) is 2.36. The van der Waals surface area contributed by atoms with Crippen LogP contribution >= 0.6 is 0 Å². The van der Waals surface area contributed by atoms with E-state index in [-0.39, 0.29) is 5.69 Å². The van der Waals surface area contributed by atoms with Crippen molar-refractivity contribution in [1.29, 1.82) is 0 Å². The third-order valence-corrected chi connectivity index (χ3v) is 2.92. The van der Waals surface area contributed by atoms with Gasteiger partial charge in [0.25, 0.3) is 0 Å². The van der Waals surface area contributed by atoms with Gasteiger partial charge >= 0.3 is 0 Å². The lowest BCUT2D eigenvalue weighted by atomic mass is 10.1. The van der Waals surface area contributed by atoms with Crippen LogP contribution in [0.1, 0.15) is 19.4 Å². The van der Waals surface area contributed by atoms with E-state index in [4.69, 9.17) is 10.5 Å². The van der Waals surface area contributed by atoms with Gasteiger partial charge in [-0.2, -0.15) is 0 Å². The molecule has 0 bridgehead atoms. The quantitative estimate of drug-likeness (QED) is 0.738. The van der Waals surface area contributed by atoms with Crippen molar-refractivity contribution in [2.45, 2.75) is 20.3 Å². The van der Waals surface area contributed by atoms with Gasteiger partial charge in [0, 0.05) is 19.7 Å². The Morgan fingerprint density at radius 3 is 2.32 bits per heavy atom. The number of rotatable bonds is 8. The van der Waals surface area contributed by atoms with Crippen LogP contribution in [0.2, 0.25) is 0 Å². The Labute approximate surface area is 113 Å². The highest BCUT2D eigenvalue weighted by Gasteiger charge is 2.16. The Bertz CT molecular complexity index is 376. The number of nitrogens with zero attached hydrogens (tertiary/aromatic N) is 1. The molecule has 0 saturated carbocycles. The number of likely N-dealkylation sites (N-methyl/N-ethyl adjacent to an activating group) is 1. The van der Waals surface area contributed by atoms with Crippen molar-refractivity contribution in [3.63, 3.8) is 0 Å². The molecule has 1 aromatic rings. The smallest absolute Gasteiger partial charge is 0.149 e. The maximum absolute atomic E-state index is 14.0. The molecule has 0 radical (unpaired) electrons. The van der Waals surface area contributed by atoms with Crippen molar-refractivity contribution >= 4 is 5.69 Å². The number of hydrogen-bond acceptors (Lipinski definition) is 3. The van der Waals surface area contributed by atoms with Crippen LogP contribution in [0.3, 0.4) is 0 Å². The second kappa shape index (κ2) is 8.07. The zero-order valence-corrected chi connectivity index (χ0v) is 11.6. The fourth-order valence-corrected chi connectivity index (χ4v) is 1.98. The summed E-state index contributed by atoms with van der Waals surface area (Å²) in [6.07, 6.45) is 0.471. The number of ether oxygens (including phenoxy) is 1. The molecule has 1 rings (SSSR count). The van der Waals surface area contributed by atoms with E-state index >= 15 is 0 Å². The molecule has 0 aliphatic heterocycles. The molecule has 0 fully saturated rings. The van der Waals surface area contributed by atoms with Crippen molar-refractivity contribution in [3.05, 3.63) is 29.3 Å². The minimum atomic E-state index is -0.540. The third kappa shape index (κ3) is 4.44. The zero-order valence-electron chi connectivity index (χ0n) is 11.6. The van der Waals surface area contributed by atoms with Crippen LogP contribution in [0.4, 0.5) is 14.5 Å². The predicted octanol–water partition coefficient (Wildman–Crippen LogP) is 2.33. The summed E-state index contributed by atoms with van der Waals surface area (Å²) >= 11 is 0. The van der Waals surface area contributed by atoms with Crippen LogP contribution in [-0.4, -0.2) is 32.8 Å². The summed E-state index contributed by atoms with van der Waals surface area (Å²) in [5, 5.41) is 0. The van der Waals surface area contributed by atoms with Gasteiger partial charge in [-0.25, -0.2) is 8.78 Å². The lowest BCUT2D eigenvalue weighted by molar-refractivity contribution is 0.154. The van der Waals surface area contributed by atoms with E-state index in [0.29, 0.717) is 44.8 Å². The molecule has 1 aromatic carbocycles. The van der Waals surface area contributed by atoms with Crippen LogP contribution in [-0.2, 0) is 11.2 Å². The highest BCUT2D eigenvalue weighted by atomic mass is 19.1. The van der Waals surface area contributed by atoms with Gasteiger partial charge in [0.1, 0.15) is 17.3 Å². The fourth-order valence-electron chi connectivity index (χ4n) is 1.98. The number of halogens is 2. The maximum Gasteiger partial charge on any atom is 0.149 e. The first kappa shape index (κ1) is 15.9. The first-order chi connectivity index (χ1) is 9.13. The van der Waals surface area contributed by atoms with E-state index in [2.05, 4.69) is 0 Å². The summed E-state index contributed by atoms with van der Waals surface area (Å²) in [6.45, 7) is 6.16. The standard InChI is InChI=1S/C14H22F2N2O/c1-3-18(7-8-19-4-2)14-12(15)9-11(5-6-17)10-13(14)16/h9-10H,3-8,17H2,1-2H3. The van der Waals surface area contributed by atoms with E-state index < -0.39 is 11.6 Å². The normalized spacial score (nSPS) is 10.8. The largest absolute Gasteiger partial charge is 0.380 e. The van der Waals surface area contributed by atoms with Gasteiger partial charge in [0.15, 0.2) is 0 Å². The molecular formula is C14H22F2N2O. The van der Waals surface area contributed by atoms with Crippen LogP contribution in [0, 0.1) is 11.6 Å². The monoisotopic (exact) mass is 272 g/mol. The third-order valence-electron chi connectivity index (χ3n) is 2.92. The van der Waals surface area contributed by atoms with Gasteiger partial charge in [-0.1, -0.05) is 0 Å². The molecule has 5 heteroatoms. The summed E-state index contributed by atoms with van der Waals surface area (Å²) in [5.74, 6) is -1.08. The van der Waals surface area contributed by atoms with Crippen LogP contribution < -0.4 is 10.6 Å². The Morgan fingerprint density at radius 2 is 1.84 bits per heavy atom. The fraction of sp³-hybridized carbons (Fsp3) is 0.571. The topological polar surface area (TPSA) is 38.5 Å². The lowest BCUT2D eigenvalue weighted by Crippen LogP contribution is -2.29. The maximum atomic E-state index is 14.0. The van der Waals surface area contributed by atoms with Crippen molar-refractivity contribution in [2.75, 3.05) is 37.7 Å². The number of hydrogen-bond donors (Lipinski definition) is 1. The first-order valence-corrected chi connectivity index (χ1v) is 6.64. The van der Waals surface area contributed by atoms with Gasteiger partial charge < -0.3 is 15.4 Å². The molecule has 0 unspecified atom stereocenters.